The summed E-state index contributed by atoms with van der Waals surface area (Å²) in [5.41, 5.74) is 3.42. The number of benzene rings is 1. The average Bonchev–Trinajstić information content (AvgIpc) is 2.89. The molecule has 5 nitrogen and oxygen atoms in total. The van der Waals surface area contributed by atoms with Crippen molar-refractivity contribution in [1.29, 1.82) is 0 Å². The number of carbonyl (C=O) groups excluding carboxylic acids is 1. The first-order valence-corrected chi connectivity index (χ1v) is 6.62. The van der Waals surface area contributed by atoms with Gasteiger partial charge in [-0.1, -0.05) is 6.07 Å². The van der Waals surface area contributed by atoms with E-state index in [1.807, 2.05) is 0 Å². The summed E-state index contributed by atoms with van der Waals surface area (Å²) in [6, 6.07) is 8.50. The monoisotopic (exact) mass is 282 g/mol. The zero-order valence-electron chi connectivity index (χ0n) is 11.5. The summed E-state index contributed by atoms with van der Waals surface area (Å²) in [4.78, 5) is 29.4. The fourth-order valence-electron chi connectivity index (χ4n) is 2.55. The summed E-state index contributed by atoms with van der Waals surface area (Å²) in [5, 5.41) is 9.02. The molecule has 5 heteroatoms. The Morgan fingerprint density at radius 2 is 1.95 bits per heavy atom. The maximum absolute atomic E-state index is 12.5. The predicted octanol–water partition coefficient (Wildman–Crippen LogP) is 2.24. The number of amides is 1. The molecule has 0 atom stereocenters. The Kier molecular flexibility index (Phi) is 3.17. The molecule has 0 aliphatic carbocycles. The summed E-state index contributed by atoms with van der Waals surface area (Å²) in [5.74, 6) is -1.03. The van der Waals surface area contributed by atoms with Crippen LogP contribution in [0, 0.1) is 6.92 Å². The van der Waals surface area contributed by atoms with E-state index < -0.39 is 5.97 Å². The molecule has 106 valence electrons. The summed E-state index contributed by atoms with van der Waals surface area (Å²) in [7, 11) is 0. The van der Waals surface area contributed by atoms with Crippen molar-refractivity contribution in [1.82, 2.24) is 9.88 Å². The van der Waals surface area contributed by atoms with Gasteiger partial charge in [0.05, 0.1) is 11.1 Å². The molecule has 1 amide bonds. The molecule has 1 aliphatic rings. The first kappa shape index (κ1) is 13.3. The maximum atomic E-state index is 12.5. The topological polar surface area (TPSA) is 70.5 Å². The molecule has 0 radical (unpaired) electrons. The van der Waals surface area contributed by atoms with Gasteiger partial charge < -0.3 is 10.0 Å². The third-order valence-electron chi connectivity index (χ3n) is 3.70. The number of fused-ring (bicyclic) bond motifs is 1. The van der Waals surface area contributed by atoms with Crippen LogP contribution in [-0.2, 0) is 13.1 Å². The Balaban J connectivity index is 1.86. The number of hydrogen-bond acceptors (Lipinski definition) is 3. The van der Waals surface area contributed by atoms with Crippen molar-refractivity contribution in [2.75, 3.05) is 0 Å². The Morgan fingerprint density at radius 1 is 1.19 bits per heavy atom. The Bertz CT molecular complexity index is 740. The quantitative estimate of drug-likeness (QED) is 0.917. The third-order valence-corrected chi connectivity index (χ3v) is 3.70. The summed E-state index contributed by atoms with van der Waals surface area (Å²) in [6.45, 7) is 2.74. The number of carbonyl (C=O) groups is 2. The molecule has 0 unspecified atom stereocenters. The molecule has 1 aromatic carbocycles. The van der Waals surface area contributed by atoms with Crippen LogP contribution in [-0.4, -0.2) is 26.9 Å². The fourth-order valence-corrected chi connectivity index (χ4v) is 2.55. The molecule has 2 heterocycles. The van der Waals surface area contributed by atoms with Gasteiger partial charge in [-0.05, 0) is 42.3 Å². The second-order valence-electron chi connectivity index (χ2n) is 5.09. The van der Waals surface area contributed by atoms with Crippen molar-refractivity contribution in [3.63, 3.8) is 0 Å². The number of aromatic nitrogens is 1. The minimum absolute atomic E-state index is 0.0753. The first-order chi connectivity index (χ1) is 10.1. The molecule has 0 spiro atoms. The van der Waals surface area contributed by atoms with E-state index in [9.17, 15) is 9.59 Å². The SMILES string of the molecule is Cc1ncccc1C(=O)N1Cc2ccc(C(=O)O)cc2C1. The number of nitrogens with zero attached hydrogens (tertiary/aromatic N) is 2. The highest BCUT2D eigenvalue weighted by Gasteiger charge is 2.26. The van der Waals surface area contributed by atoms with Gasteiger partial charge >= 0.3 is 5.97 Å². The van der Waals surface area contributed by atoms with Crippen molar-refractivity contribution >= 4 is 11.9 Å². The smallest absolute Gasteiger partial charge is 0.335 e. The second kappa shape index (κ2) is 5.01. The highest BCUT2D eigenvalue weighted by Crippen LogP contribution is 2.25. The summed E-state index contributed by atoms with van der Waals surface area (Å²) >= 11 is 0. The van der Waals surface area contributed by atoms with Gasteiger partial charge in [-0.3, -0.25) is 9.78 Å². The van der Waals surface area contributed by atoms with Gasteiger partial charge in [0.15, 0.2) is 0 Å². The molecule has 21 heavy (non-hydrogen) atoms. The van der Waals surface area contributed by atoms with Crippen LogP contribution >= 0.6 is 0 Å². The molecule has 3 rings (SSSR count). The van der Waals surface area contributed by atoms with Crippen LogP contribution in [0.4, 0.5) is 0 Å². The van der Waals surface area contributed by atoms with Crippen molar-refractivity contribution in [2.24, 2.45) is 0 Å². The van der Waals surface area contributed by atoms with Gasteiger partial charge in [0.25, 0.3) is 5.91 Å². The summed E-state index contributed by atoms with van der Waals surface area (Å²) in [6.07, 6.45) is 1.66. The zero-order valence-corrected chi connectivity index (χ0v) is 11.5. The van der Waals surface area contributed by atoms with Crippen molar-refractivity contribution in [3.8, 4) is 0 Å². The van der Waals surface area contributed by atoms with Gasteiger partial charge in [-0.2, -0.15) is 0 Å². The van der Waals surface area contributed by atoms with Gasteiger partial charge in [-0.25, -0.2) is 4.79 Å². The van der Waals surface area contributed by atoms with Gasteiger partial charge in [0, 0.05) is 25.0 Å². The Hall–Kier alpha value is -2.69. The second-order valence-corrected chi connectivity index (χ2v) is 5.09. The van der Waals surface area contributed by atoms with Crippen LogP contribution in [0.5, 0.6) is 0 Å². The standard InChI is InChI=1S/C16H14N2O3/c1-10-14(3-2-6-17-10)15(19)18-8-12-5-4-11(16(20)21)7-13(12)9-18/h2-7H,8-9H2,1H3,(H,20,21). The number of aryl methyl sites for hydroxylation is 1. The normalized spacial score (nSPS) is 13.1. The van der Waals surface area contributed by atoms with E-state index in [0.29, 0.717) is 24.3 Å². The van der Waals surface area contributed by atoms with Crippen LogP contribution in [0.2, 0.25) is 0 Å². The lowest BCUT2D eigenvalue weighted by atomic mass is 10.1. The van der Waals surface area contributed by atoms with Crippen LogP contribution < -0.4 is 0 Å². The molecule has 1 aromatic heterocycles. The summed E-state index contributed by atoms with van der Waals surface area (Å²) < 4.78 is 0. The van der Waals surface area contributed by atoms with Gasteiger partial charge in [-0.15, -0.1) is 0 Å². The molecular weight excluding hydrogens is 268 g/mol. The van der Waals surface area contributed by atoms with Gasteiger partial charge in [0.2, 0.25) is 0 Å². The van der Waals surface area contributed by atoms with Crippen LogP contribution in [0.3, 0.4) is 0 Å². The molecule has 0 saturated carbocycles. The van der Waals surface area contributed by atoms with Crippen molar-refractivity contribution < 1.29 is 14.7 Å². The number of aromatic carboxylic acids is 1. The van der Waals surface area contributed by atoms with Crippen LogP contribution in [0.25, 0.3) is 0 Å². The van der Waals surface area contributed by atoms with E-state index in [2.05, 4.69) is 4.98 Å². The van der Waals surface area contributed by atoms with E-state index in [0.717, 1.165) is 11.1 Å². The van der Waals surface area contributed by atoms with E-state index in [4.69, 9.17) is 5.11 Å². The van der Waals surface area contributed by atoms with E-state index in [1.165, 1.54) is 0 Å². The van der Waals surface area contributed by atoms with Crippen LogP contribution in [0.1, 0.15) is 37.5 Å². The van der Waals surface area contributed by atoms with Crippen LogP contribution in [0.15, 0.2) is 36.5 Å². The lowest BCUT2D eigenvalue weighted by Crippen LogP contribution is -2.26. The van der Waals surface area contributed by atoms with E-state index in [-0.39, 0.29) is 11.5 Å². The predicted molar refractivity (Wildman–Crippen MR) is 76.0 cm³/mol. The molecule has 0 bridgehead atoms. The number of carboxylic acids is 1. The average molecular weight is 282 g/mol. The first-order valence-electron chi connectivity index (χ1n) is 6.62. The number of carboxylic acid groups (broad SMARTS) is 1. The maximum Gasteiger partial charge on any atom is 0.335 e. The third kappa shape index (κ3) is 2.38. The highest BCUT2D eigenvalue weighted by atomic mass is 16.4. The molecule has 2 aromatic rings. The minimum Gasteiger partial charge on any atom is -0.478 e. The molecule has 0 fully saturated rings. The van der Waals surface area contributed by atoms with E-state index >= 15 is 0 Å². The lowest BCUT2D eigenvalue weighted by Gasteiger charge is -2.16. The zero-order chi connectivity index (χ0) is 15.0. The number of hydrogen-bond donors (Lipinski definition) is 1. The molecule has 0 saturated heterocycles. The number of rotatable bonds is 2. The Morgan fingerprint density at radius 3 is 2.67 bits per heavy atom. The van der Waals surface area contributed by atoms with Crippen molar-refractivity contribution in [2.45, 2.75) is 20.0 Å². The van der Waals surface area contributed by atoms with Gasteiger partial charge in [0.1, 0.15) is 0 Å². The Labute approximate surface area is 121 Å². The van der Waals surface area contributed by atoms with Crippen molar-refractivity contribution in [3.05, 3.63) is 64.5 Å². The number of pyridine rings is 1. The molecular formula is C16H14N2O3. The van der Waals surface area contributed by atoms with E-state index in [1.54, 1.807) is 48.4 Å². The minimum atomic E-state index is -0.953. The fraction of sp³-hybridized carbons (Fsp3) is 0.188. The largest absolute Gasteiger partial charge is 0.478 e. The lowest BCUT2D eigenvalue weighted by molar-refractivity contribution is 0.0696. The molecule has 1 N–H and O–H groups in total. The highest BCUT2D eigenvalue weighted by molar-refractivity contribution is 5.95. The molecule has 1 aliphatic heterocycles.